The van der Waals surface area contributed by atoms with E-state index < -0.39 is 0 Å². The molecule has 1 rings (SSSR count). The summed E-state index contributed by atoms with van der Waals surface area (Å²) in [6.45, 7) is 6.43. The molecule has 0 N–H and O–H groups in total. The molecule has 0 amide bonds. The molecule has 0 bridgehead atoms. The van der Waals surface area contributed by atoms with Gasteiger partial charge in [0.1, 0.15) is 6.33 Å². The van der Waals surface area contributed by atoms with Gasteiger partial charge >= 0.3 is 0 Å². The van der Waals surface area contributed by atoms with Crippen molar-refractivity contribution in [1.29, 1.82) is 0 Å². The predicted octanol–water partition coefficient (Wildman–Crippen LogP) is 2.08. The maximum absolute atomic E-state index is 4.16. The zero-order chi connectivity index (χ0) is 10.9. The second kappa shape index (κ2) is 7.15. The molecule has 0 spiro atoms. The third-order valence-electron chi connectivity index (χ3n) is 2.28. The molecule has 0 atom stereocenters. The Morgan fingerprint density at radius 1 is 1.20 bits per heavy atom. The summed E-state index contributed by atoms with van der Waals surface area (Å²) in [5.41, 5.74) is 0. The van der Waals surface area contributed by atoms with E-state index in [-0.39, 0.29) is 0 Å². The van der Waals surface area contributed by atoms with Gasteiger partial charge in [-0.2, -0.15) is 4.98 Å². The minimum absolute atomic E-state index is 0.756. The van der Waals surface area contributed by atoms with E-state index in [0.717, 1.165) is 19.0 Å². The van der Waals surface area contributed by atoms with Gasteiger partial charge in [0.15, 0.2) is 0 Å². The Morgan fingerprint density at radius 2 is 1.87 bits per heavy atom. The monoisotopic (exact) mass is 207 g/mol. The largest absolute Gasteiger partial charge is 0.341 e. The van der Waals surface area contributed by atoms with Crippen molar-refractivity contribution in [2.45, 2.75) is 39.5 Å². The molecular formula is C11H19N4. The van der Waals surface area contributed by atoms with Crippen LogP contribution in [0.4, 0.5) is 5.95 Å². The van der Waals surface area contributed by atoms with Crippen molar-refractivity contribution in [1.82, 2.24) is 15.0 Å². The summed E-state index contributed by atoms with van der Waals surface area (Å²) in [6.07, 6.45) is 8.83. The fourth-order valence-electron chi connectivity index (χ4n) is 1.37. The molecule has 1 aromatic rings. The smallest absolute Gasteiger partial charge is 0.228 e. The Hall–Kier alpha value is -1.19. The lowest BCUT2D eigenvalue weighted by Gasteiger charge is -2.21. The van der Waals surface area contributed by atoms with Gasteiger partial charge in [-0.3, -0.25) is 0 Å². The Morgan fingerprint density at radius 3 is 2.33 bits per heavy atom. The fraction of sp³-hybridized carbons (Fsp3) is 0.727. The van der Waals surface area contributed by atoms with E-state index in [1.807, 2.05) is 0 Å². The number of hydrogen-bond acceptors (Lipinski definition) is 4. The molecule has 4 heteroatoms. The van der Waals surface area contributed by atoms with Gasteiger partial charge in [0, 0.05) is 13.1 Å². The topological polar surface area (TPSA) is 41.9 Å². The minimum atomic E-state index is 0.756. The van der Waals surface area contributed by atoms with Crippen LogP contribution in [0.1, 0.15) is 39.5 Å². The van der Waals surface area contributed by atoms with E-state index in [0.29, 0.717) is 0 Å². The Bertz CT molecular complexity index is 242. The maximum Gasteiger partial charge on any atom is 0.228 e. The van der Waals surface area contributed by atoms with Crippen molar-refractivity contribution in [2.24, 2.45) is 0 Å². The fourth-order valence-corrected chi connectivity index (χ4v) is 1.37. The highest BCUT2D eigenvalue weighted by Gasteiger charge is 2.07. The van der Waals surface area contributed by atoms with E-state index in [1.54, 1.807) is 0 Å². The average Bonchev–Trinajstić information content (AvgIpc) is 2.30. The first-order chi connectivity index (χ1) is 7.38. The normalized spacial score (nSPS) is 10.3. The summed E-state index contributed by atoms with van der Waals surface area (Å²) in [6, 6.07) is 0. The van der Waals surface area contributed by atoms with Crippen LogP contribution < -0.4 is 4.90 Å². The Balaban J connectivity index is 2.55. The average molecular weight is 207 g/mol. The second-order valence-corrected chi connectivity index (χ2v) is 3.58. The highest BCUT2D eigenvalue weighted by molar-refractivity contribution is 5.26. The lowest BCUT2D eigenvalue weighted by molar-refractivity contribution is 0.660. The third kappa shape index (κ3) is 4.23. The van der Waals surface area contributed by atoms with Crippen LogP contribution in [0.2, 0.25) is 0 Å². The van der Waals surface area contributed by atoms with Crippen LogP contribution in [0.3, 0.4) is 0 Å². The van der Waals surface area contributed by atoms with Crippen molar-refractivity contribution in [2.75, 3.05) is 18.0 Å². The minimum Gasteiger partial charge on any atom is -0.341 e. The highest BCUT2D eigenvalue weighted by Crippen LogP contribution is 2.07. The van der Waals surface area contributed by atoms with Gasteiger partial charge in [-0.15, -0.1) is 0 Å². The summed E-state index contributed by atoms with van der Waals surface area (Å²) in [7, 11) is 0. The van der Waals surface area contributed by atoms with Crippen LogP contribution in [0, 0.1) is 6.33 Å². The van der Waals surface area contributed by atoms with Crippen molar-refractivity contribution < 1.29 is 0 Å². The molecule has 4 nitrogen and oxygen atoms in total. The second-order valence-electron chi connectivity index (χ2n) is 3.58. The van der Waals surface area contributed by atoms with Crippen molar-refractivity contribution in [3.05, 3.63) is 12.7 Å². The van der Waals surface area contributed by atoms with Crippen LogP contribution in [0.25, 0.3) is 0 Å². The Labute approximate surface area is 91.8 Å². The summed E-state index contributed by atoms with van der Waals surface area (Å²) in [5, 5.41) is 0. The van der Waals surface area contributed by atoms with Crippen LogP contribution >= 0.6 is 0 Å². The number of nitrogens with zero attached hydrogens (tertiary/aromatic N) is 4. The lowest BCUT2D eigenvalue weighted by Crippen LogP contribution is -2.27. The van der Waals surface area contributed by atoms with Gasteiger partial charge in [-0.05, 0) is 12.8 Å². The predicted molar refractivity (Wildman–Crippen MR) is 60.7 cm³/mol. The molecule has 1 heterocycles. The zero-order valence-corrected chi connectivity index (χ0v) is 9.61. The first-order valence-electron chi connectivity index (χ1n) is 5.68. The zero-order valence-electron chi connectivity index (χ0n) is 9.61. The molecule has 1 radical (unpaired) electrons. The van der Waals surface area contributed by atoms with E-state index >= 15 is 0 Å². The van der Waals surface area contributed by atoms with Gasteiger partial charge in [-0.25, -0.2) is 9.97 Å². The number of rotatable bonds is 7. The molecule has 0 saturated carbocycles. The van der Waals surface area contributed by atoms with E-state index in [4.69, 9.17) is 0 Å². The van der Waals surface area contributed by atoms with E-state index in [9.17, 15) is 0 Å². The quantitative estimate of drug-likeness (QED) is 0.686. The summed E-state index contributed by atoms with van der Waals surface area (Å²) >= 11 is 0. The van der Waals surface area contributed by atoms with Crippen molar-refractivity contribution >= 4 is 5.95 Å². The first kappa shape index (κ1) is 11.9. The number of hydrogen-bond donors (Lipinski definition) is 0. The van der Waals surface area contributed by atoms with Gasteiger partial charge < -0.3 is 4.90 Å². The van der Waals surface area contributed by atoms with Gasteiger partial charge in [0.25, 0.3) is 0 Å². The molecule has 0 aliphatic rings. The number of unbranched alkanes of at least 4 members (excludes halogenated alkanes) is 2. The van der Waals surface area contributed by atoms with Crippen LogP contribution in [0.15, 0.2) is 6.33 Å². The lowest BCUT2D eigenvalue weighted by atomic mass is 10.3. The molecule has 0 fully saturated rings. The highest BCUT2D eigenvalue weighted by atomic mass is 15.3. The summed E-state index contributed by atoms with van der Waals surface area (Å²) < 4.78 is 0. The van der Waals surface area contributed by atoms with Gasteiger partial charge in [0.05, 0.1) is 0 Å². The van der Waals surface area contributed by atoms with Gasteiger partial charge in [-0.1, -0.05) is 26.7 Å². The van der Waals surface area contributed by atoms with E-state index in [1.165, 1.54) is 32.0 Å². The molecule has 0 aliphatic heterocycles. The van der Waals surface area contributed by atoms with Crippen molar-refractivity contribution in [3.63, 3.8) is 0 Å². The summed E-state index contributed by atoms with van der Waals surface area (Å²) in [4.78, 5) is 14.1. The summed E-state index contributed by atoms with van der Waals surface area (Å²) in [5.74, 6) is 0.756. The van der Waals surface area contributed by atoms with E-state index in [2.05, 4.69) is 40.0 Å². The SMILES string of the molecule is CCCCN(CCCC)c1n[c]ncn1. The molecule has 0 aliphatic carbocycles. The van der Waals surface area contributed by atoms with Crippen LogP contribution in [-0.2, 0) is 0 Å². The van der Waals surface area contributed by atoms with Crippen LogP contribution in [-0.4, -0.2) is 28.0 Å². The number of aromatic nitrogens is 3. The molecular weight excluding hydrogens is 188 g/mol. The van der Waals surface area contributed by atoms with Crippen LogP contribution in [0.5, 0.6) is 0 Å². The standard InChI is InChI=1S/C11H19N4/c1-3-5-7-15(8-6-4-2)11-13-9-12-10-14-11/h9H,3-8H2,1-2H3. The molecule has 0 saturated heterocycles. The third-order valence-corrected chi connectivity index (χ3v) is 2.28. The number of anilines is 1. The molecule has 15 heavy (non-hydrogen) atoms. The van der Waals surface area contributed by atoms with Crippen molar-refractivity contribution in [3.8, 4) is 0 Å². The molecule has 0 unspecified atom stereocenters. The van der Waals surface area contributed by atoms with Gasteiger partial charge in [0.2, 0.25) is 12.3 Å². The maximum atomic E-state index is 4.16. The Kier molecular flexibility index (Phi) is 5.66. The molecule has 83 valence electrons. The molecule has 1 aromatic heterocycles. The first-order valence-corrected chi connectivity index (χ1v) is 5.68. The molecule has 0 aromatic carbocycles.